The van der Waals surface area contributed by atoms with Crippen molar-refractivity contribution in [1.29, 1.82) is 0 Å². The summed E-state index contributed by atoms with van der Waals surface area (Å²) in [5, 5.41) is 0. The predicted octanol–water partition coefficient (Wildman–Crippen LogP) is 3.61. The van der Waals surface area contributed by atoms with Gasteiger partial charge < -0.3 is 14.5 Å². The molecular weight excluding hydrogens is 334 g/mol. The van der Waals surface area contributed by atoms with E-state index in [1.54, 1.807) is 0 Å². The van der Waals surface area contributed by atoms with Crippen LogP contribution in [0.3, 0.4) is 0 Å². The first-order chi connectivity index (χ1) is 13.4. The van der Waals surface area contributed by atoms with Gasteiger partial charge >= 0.3 is 0 Å². The van der Waals surface area contributed by atoms with Crippen molar-refractivity contribution in [2.24, 2.45) is 5.92 Å². The third-order valence-corrected chi connectivity index (χ3v) is 7.74. The number of likely N-dealkylation sites (tertiary alicyclic amines) is 2. The summed E-state index contributed by atoms with van der Waals surface area (Å²) in [4.78, 5) is 8.48. The molecule has 0 amide bonds. The smallest absolute Gasteiger partial charge is 0.0480 e. The highest BCUT2D eigenvalue weighted by atomic mass is 16.5. The first-order valence-electron chi connectivity index (χ1n) is 12.2. The van der Waals surface area contributed by atoms with Crippen molar-refractivity contribution >= 4 is 0 Å². The van der Waals surface area contributed by atoms with E-state index < -0.39 is 0 Å². The van der Waals surface area contributed by atoms with E-state index in [1.165, 1.54) is 116 Å². The summed E-state index contributed by atoms with van der Waals surface area (Å²) in [7, 11) is 0. The lowest BCUT2D eigenvalue weighted by Gasteiger charge is -2.42. The second-order valence-corrected chi connectivity index (χ2v) is 9.68. The van der Waals surface area contributed by atoms with E-state index in [9.17, 15) is 0 Å². The molecule has 3 saturated heterocycles. The molecular formula is C23H43N3O. The fraction of sp³-hybridized carbons (Fsp3) is 1.00. The summed E-state index contributed by atoms with van der Waals surface area (Å²) < 4.78 is 5.67. The van der Waals surface area contributed by atoms with Crippen LogP contribution in [0.2, 0.25) is 0 Å². The summed E-state index contributed by atoms with van der Waals surface area (Å²) in [5.74, 6) is 0.892. The molecule has 1 atom stereocenters. The van der Waals surface area contributed by atoms with Gasteiger partial charge in [0, 0.05) is 51.5 Å². The Morgan fingerprint density at radius 2 is 1.56 bits per heavy atom. The van der Waals surface area contributed by atoms with Crippen LogP contribution in [0.1, 0.15) is 70.6 Å². The van der Waals surface area contributed by atoms with E-state index in [1.807, 2.05) is 0 Å². The van der Waals surface area contributed by atoms with Crippen LogP contribution in [-0.2, 0) is 4.74 Å². The highest BCUT2D eigenvalue weighted by molar-refractivity contribution is 4.85. The largest absolute Gasteiger partial charge is 0.381 e. The zero-order chi connectivity index (χ0) is 18.3. The topological polar surface area (TPSA) is 19.0 Å². The van der Waals surface area contributed by atoms with E-state index in [0.717, 1.165) is 31.2 Å². The van der Waals surface area contributed by atoms with Gasteiger partial charge in [-0.15, -0.1) is 0 Å². The average Bonchev–Trinajstić information content (AvgIpc) is 3.28. The van der Waals surface area contributed by atoms with Crippen LogP contribution < -0.4 is 0 Å². The van der Waals surface area contributed by atoms with E-state index in [4.69, 9.17) is 4.74 Å². The van der Waals surface area contributed by atoms with Crippen LogP contribution in [0.5, 0.6) is 0 Å². The maximum Gasteiger partial charge on any atom is 0.0480 e. The molecule has 27 heavy (non-hydrogen) atoms. The monoisotopic (exact) mass is 377 g/mol. The Hall–Kier alpha value is -0.160. The Labute approximate surface area is 167 Å². The minimum atomic E-state index is 0.769. The number of hydrogen-bond acceptors (Lipinski definition) is 4. The zero-order valence-corrected chi connectivity index (χ0v) is 17.6. The van der Waals surface area contributed by atoms with Crippen LogP contribution in [0.4, 0.5) is 0 Å². The first kappa shape index (κ1) is 20.1. The Morgan fingerprint density at radius 1 is 0.778 bits per heavy atom. The van der Waals surface area contributed by atoms with Gasteiger partial charge in [0.1, 0.15) is 0 Å². The molecule has 1 unspecified atom stereocenters. The van der Waals surface area contributed by atoms with Gasteiger partial charge in [0.05, 0.1) is 0 Å². The summed E-state index contributed by atoms with van der Waals surface area (Å²) in [6.45, 7) is 11.3. The number of nitrogens with zero attached hydrogens (tertiary/aromatic N) is 3. The molecule has 1 aliphatic carbocycles. The summed E-state index contributed by atoms with van der Waals surface area (Å²) >= 11 is 0. The Bertz CT molecular complexity index is 414. The minimum absolute atomic E-state index is 0.769. The minimum Gasteiger partial charge on any atom is -0.381 e. The number of hydrogen-bond donors (Lipinski definition) is 0. The molecule has 0 bridgehead atoms. The van der Waals surface area contributed by atoms with Gasteiger partial charge in [-0.3, -0.25) is 4.90 Å². The third kappa shape index (κ3) is 5.91. The van der Waals surface area contributed by atoms with Crippen LogP contribution in [0.25, 0.3) is 0 Å². The van der Waals surface area contributed by atoms with E-state index in [-0.39, 0.29) is 0 Å². The molecule has 4 nitrogen and oxygen atoms in total. The molecule has 4 rings (SSSR count). The van der Waals surface area contributed by atoms with Crippen LogP contribution in [0, 0.1) is 5.92 Å². The second kappa shape index (κ2) is 10.6. The second-order valence-electron chi connectivity index (χ2n) is 9.68. The van der Waals surface area contributed by atoms with Crippen molar-refractivity contribution < 1.29 is 4.74 Å². The predicted molar refractivity (Wildman–Crippen MR) is 112 cm³/mol. The highest BCUT2D eigenvalue weighted by Gasteiger charge is 2.30. The average molecular weight is 378 g/mol. The van der Waals surface area contributed by atoms with Crippen molar-refractivity contribution in [2.45, 2.75) is 82.7 Å². The molecule has 0 N–H and O–H groups in total. The first-order valence-corrected chi connectivity index (χ1v) is 12.2. The normalized spacial score (nSPS) is 30.3. The number of piperidine rings is 2. The number of rotatable bonds is 7. The van der Waals surface area contributed by atoms with Gasteiger partial charge in [-0.25, -0.2) is 0 Å². The van der Waals surface area contributed by atoms with Crippen molar-refractivity contribution in [3.8, 4) is 0 Å². The van der Waals surface area contributed by atoms with Crippen molar-refractivity contribution in [3.05, 3.63) is 0 Å². The summed E-state index contributed by atoms with van der Waals surface area (Å²) in [6, 6.07) is 1.68. The van der Waals surface area contributed by atoms with Gasteiger partial charge in [-0.2, -0.15) is 0 Å². The molecule has 4 heteroatoms. The van der Waals surface area contributed by atoms with E-state index in [2.05, 4.69) is 14.7 Å². The Kier molecular flexibility index (Phi) is 7.88. The molecule has 1 saturated carbocycles. The summed E-state index contributed by atoms with van der Waals surface area (Å²) in [6.07, 6.45) is 15.5. The Morgan fingerprint density at radius 3 is 2.33 bits per heavy atom. The molecule has 0 aromatic heterocycles. The number of ether oxygens (including phenoxy) is 1. The van der Waals surface area contributed by atoms with Crippen LogP contribution >= 0.6 is 0 Å². The quantitative estimate of drug-likeness (QED) is 0.675. The maximum absolute atomic E-state index is 5.67. The summed E-state index contributed by atoms with van der Waals surface area (Å²) in [5.41, 5.74) is 0. The fourth-order valence-corrected chi connectivity index (χ4v) is 6.11. The maximum atomic E-state index is 5.67. The van der Waals surface area contributed by atoms with Gasteiger partial charge in [0.2, 0.25) is 0 Å². The molecule has 0 spiro atoms. The molecule has 3 heterocycles. The standard InChI is InChI=1S/C23H43N3O/c1-4-12-24(13-5-1)15-16-26(23-10-17-27-18-11-23)20-21-7-6-14-25(19-21)22-8-2-3-9-22/h21-23H,1-20H2. The van der Waals surface area contributed by atoms with Gasteiger partial charge in [0.15, 0.2) is 0 Å². The van der Waals surface area contributed by atoms with Gasteiger partial charge in [-0.05, 0) is 76.9 Å². The Balaban J connectivity index is 1.31. The van der Waals surface area contributed by atoms with Gasteiger partial charge in [-0.1, -0.05) is 19.3 Å². The molecule has 156 valence electrons. The SMILES string of the molecule is C1CCN(CCN(CC2CCCN(C3CCCC3)C2)C2CCOCC2)CC1. The lowest BCUT2D eigenvalue weighted by atomic mass is 9.94. The fourth-order valence-electron chi connectivity index (χ4n) is 6.11. The molecule has 3 aliphatic heterocycles. The molecule has 0 radical (unpaired) electrons. The molecule has 4 fully saturated rings. The van der Waals surface area contributed by atoms with Crippen molar-refractivity contribution in [3.63, 3.8) is 0 Å². The molecule has 0 aromatic carbocycles. The molecule has 0 aromatic rings. The van der Waals surface area contributed by atoms with E-state index in [0.29, 0.717) is 0 Å². The zero-order valence-electron chi connectivity index (χ0n) is 17.6. The van der Waals surface area contributed by atoms with Crippen molar-refractivity contribution in [1.82, 2.24) is 14.7 Å². The van der Waals surface area contributed by atoms with Gasteiger partial charge in [0.25, 0.3) is 0 Å². The van der Waals surface area contributed by atoms with Crippen LogP contribution in [0.15, 0.2) is 0 Å². The lowest BCUT2D eigenvalue weighted by molar-refractivity contribution is 0.0147. The molecule has 4 aliphatic rings. The van der Waals surface area contributed by atoms with Crippen LogP contribution in [-0.4, -0.2) is 85.8 Å². The van der Waals surface area contributed by atoms with Crippen molar-refractivity contribution in [2.75, 3.05) is 59.0 Å². The third-order valence-electron chi connectivity index (χ3n) is 7.74. The highest BCUT2D eigenvalue weighted by Crippen LogP contribution is 2.29. The lowest BCUT2D eigenvalue weighted by Crippen LogP contribution is -2.49. The van der Waals surface area contributed by atoms with E-state index >= 15 is 0 Å².